The molecule has 3 rings (SSSR count). The molecule has 0 saturated heterocycles. The fraction of sp³-hybridized carbons (Fsp3) is 0.136. The monoisotopic (exact) mass is 457 g/mol. The molecule has 144 valence electrons. The Morgan fingerprint density at radius 3 is 2.04 bits per heavy atom. The number of halogens is 1. The van der Waals surface area contributed by atoms with Gasteiger partial charge in [-0.3, -0.25) is 4.79 Å². The zero-order valence-electron chi connectivity index (χ0n) is 15.3. The Morgan fingerprint density at radius 1 is 0.893 bits per heavy atom. The first kappa shape index (κ1) is 20.3. The third-order valence-electron chi connectivity index (χ3n) is 4.47. The topological polar surface area (TPSA) is 63.2 Å². The molecular formula is C22H20BrNO3S. The molecule has 3 aromatic carbocycles. The molecule has 0 spiro atoms. The summed E-state index contributed by atoms with van der Waals surface area (Å²) in [5.41, 5.74) is 2.32. The first-order chi connectivity index (χ1) is 13.4. The van der Waals surface area contributed by atoms with Crippen LogP contribution in [0.2, 0.25) is 0 Å². The number of hydrogen-bond donors (Lipinski definition) is 1. The van der Waals surface area contributed by atoms with Crippen molar-refractivity contribution < 1.29 is 13.2 Å². The van der Waals surface area contributed by atoms with Crippen LogP contribution in [0.5, 0.6) is 0 Å². The quantitative estimate of drug-likeness (QED) is 0.579. The first-order valence-corrected chi connectivity index (χ1v) is 11.3. The summed E-state index contributed by atoms with van der Waals surface area (Å²) in [5, 5.41) is 3.05. The summed E-state index contributed by atoms with van der Waals surface area (Å²) >= 11 is 3.43. The van der Waals surface area contributed by atoms with E-state index in [4.69, 9.17) is 0 Å². The van der Waals surface area contributed by atoms with E-state index in [1.807, 2.05) is 54.6 Å². The number of carbonyl (C=O) groups excluding carboxylic acids is 1. The molecule has 0 bridgehead atoms. The number of amides is 1. The maximum Gasteiger partial charge on any atom is 0.252 e. The molecule has 1 amide bonds. The second-order valence-electron chi connectivity index (χ2n) is 6.30. The van der Waals surface area contributed by atoms with E-state index in [2.05, 4.69) is 21.2 Å². The molecular weight excluding hydrogens is 438 g/mol. The number of benzene rings is 3. The minimum atomic E-state index is -3.29. The van der Waals surface area contributed by atoms with Crippen molar-refractivity contribution in [1.29, 1.82) is 0 Å². The minimum absolute atomic E-state index is 0.0260. The van der Waals surface area contributed by atoms with Crippen LogP contribution in [-0.4, -0.2) is 20.1 Å². The van der Waals surface area contributed by atoms with E-state index < -0.39 is 9.84 Å². The molecule has 0 heterocycles. The van der Waals surface area contributed by atoms with Crippen LogP contribution in [0.15, 0.2) is 88.2 Å². The summed E-state index contributed by atoms with van der Waals surface area (Å²) in [6.07, 6.45) is 0. The second-order valence-corrected chi connectivity index (χ2v) is 9.49. The molecule has 0 saturated carbocycles. The van der Waals surface area contributed by atoms with E-state index in [0.29, 0.717) is 5.56 Å². The Bertz CT molecular complexity index is 1050. The molecule has 6 heteroatoms. The number of nitrogens with one attached hydrogen (secondary N) is 1. The van der Waals surface area contributed by atoms with Crippen molar-refractivity contribution in [3.8, 4) is 0 Å². The zero-order chi connectivity index (χ0) is 20.1. The van der Waals surface area contributed by atoms with Crippen LogP contribution in [0.4, 0.5) is 0 Å². The predicted molar refractivity (Wildman–Crippen MR) is 114 cm³/mol. The Hall–Kier alpha value is -2.44. The maximum absolute atomic E-state index is 12.8. The van der Waals surface area contributed by atoms with E-state index in [-0.39, 0.29) is 22.6 Å². The summed E-state index contributed by atoms with van der Waals surface area (Å²) in [5.74, 6) is -0.240. The van der Waals surface area contributed by atoms with E-state index in [1.54, 1.807) is 19.1 Å². The van der Waals surface area contributed by atoms with Crippen molar-refractivity contribution >= 4 is 31.7 Å². The highest BCUT2D eigenvalue weighted by atomic mass is 79.9. The lowest BCUT2D eigenvalue weighted by atomic mass is 9.98. The number of sulfone groups is 1. The average molecular weight is 458 g/mol. The molecule has 1 unspecified atom stereocenters. The van der Waals surface area contributed by atoms with Gasteiger partial charge in [-0.25, -0.2) is 8.42 Å². The molecule has 28 heavy (non-hydrogen) atoms. The standard InChI is InChI=1S/C22H20BrNO3S/c1-2-28(26,27)20-14-10-18(11-15-20)22(25)24-21(16-6-4-3-5-7-16)17-8-12-19(23)13-9-17/h3-15,21H,2H2,1H3,(H,24,25). The third-order valence-corrected chi connectivity index (χ3v) is 6.75. The maximum atomic E-state index is 12.8. The smallest absolute Gasteiger partial charge is 0.252 e. The van der Waals surface area contributed by atoms with Crippen molar-refractivity contribution in [1.82, 2.24) is 5.32 Å². The molecule has 0 aliphatic carbocycles. The van der Waals surface area contributed by atoms with Crippen molar-refractivity contribution in [2.75, 3.05) is 5.75 Å². The highest BCUT2D eigenvalue weighted by molar-refractivity contribution is 9.10. The van der Waals surface area contributed by atoms with Crippen LogP contribution < -0.4 is 5.32 Å². The number of hydrogen-bond acceptors (Lipinski definition) is 3. The Morgan fingerprint density at radius 2 is 1.46 bits per heavy atom. The Kier molecular flexibility index (Phi) is 6.31. The first-order valence-electron chi connectivity index (χ1n) is 8.85. The highest BCUT2D eigenvalue weighted by Gasteiger charge is 2.19. The van der Waals surface area contributed by atoms with Gasteiger partial charge in [-0.15, -0.1) is 0 Å². The molecule has 1 atom stereocenters. The molecule has 0 aromatic heterocycles. The van der Waals surface area contributed by atoms with Gasteiger partial charge in [-0.05, 0) is 47.5 Å². The third kappa shape index (κ3) is 4.69. The summed E-state index contributed by atoms with van der Waals surface area (Å²) in [6.45, 7) is 1.60. The van der Waals surface area contributed by atoms with Crippen LogP contribution in [0.3, 0.4) is 0 Å². The van der Waals surface area contributed by atoms with E-state index in [9.17, 15) is 13.2 Å². The lowest BCUT2D eigenvalue weighted by Crippen LogP contribution is -2.29. The van der Waals surface area contributed by atoms with Crippen molar-refractivity contribution in [2.45, 2.75) is 17.9 Å². The predicted octanol–water partition coefficient (Wildman–Crippen LogP) is 4.76. The van der Waals surface area contributed by atoms with Gasteiger partial charge in [0.15, 0.2) is 9.84 Å². The summed E-state index contributed by atoms with van der Waals surface area (Å²) < 4.78 is 24.9. The summed E-state index contributed by atoms with van der Waals surface area (Å²) in [7, 11) is -3.29. The van der Waals surface area contributed by atoms with Gasteiger partial charge in [0.1, 0.15) is 0 Å². The van der Waals surface area contributed by atoms with Crippen LogP contribution >= 0.6 is 15.9 Å². The van der Waals surface area contributed by atoms with E-state index in [0.717, 1.165) is 15.6 Å². The Balaban J connectivity index is 1.88. The number of carbonyl (C=O) groups is 1. The summed E-state index contributed by atoms with van der Waals surface area (Å²) in [6, 6.07) is 23.2. The molecule has 4 nitrogen and oxygen atoms in total. The second kappa shape index (κ2) is 8.71. The Labute approximate surface area is 173 Å². The fourth-order valence-corrected chi connectivity index (χ4v) is 4.00. The van der Waals surface area contributed by atoms with Crippen molar-refractivity contribution in [2.24, 2.45) is 0 Å². The normalized spacial score (nSPS) is 12.4. The van der Waals surface area contributed by atoms with Gasteiger partial charge in [-0.1, -0.05) is 65.3 Å². The average Bonchev–Trinajstić information content (AvgIpc) is 2.73. The van der Waals surface area contributed by atoms with Gasteiger partial charge in [0.25, 0.3) is 5.91 Å². The highest BCUT2D eigenvalue weighted by Crippen LogP contribution is 2.24. The van der Waals surface area contributed by atoms with Gasteiger partial charge in [0.2, 0.25) is 0 Å². The van der Waals surface area contributed by atoms with Crippen LogP contribution in [0, 0.1) is 0 Å². The zero-order valence-corrected chi connectivity index (χ0v) is 17.7. The fourth-order valence-electron chi connectivity index (χ4n) is 2.85. The van der Waals surface area contributed by atoms with Gasteiger partial charge in [0, 0.05) is 10.0 Å². The van der Waals surface area contributed by atoms with Crippen LogP contribution in [0.25, 0.3) is 0 Å². The molecule has 0 fully saturated rings. The van der Waals surface area contributed by atoms with Gasteiger partial charge in [-0.2, -0.15) is 0 Å². The van der Waals surface area contributed by atoms with Crippen molar-refractivity contribution in [3.05, 3.63) is 100 Å². The largest absolute Gasteiger partial charge is 0.341 e. The SMILES string of the molecule is CCS(=O)(=O)c1ccc(C(=O)NC(c2ccccc2)c2ccc(Br)cc2)cc1. The van der Waals surface area contributed by atoms with Crippen molar-refractivity contribution in [3.63, 3.8) is 0 Å². The molecule has 1 N–H and O–H groups in total. The molecule has 3 aromatic rings. The molecule has 0 aliphatic heterocycles. The molecule has 0 aliphatic rings. The molecule has 0 radical (unpaired) electrons. The lowest BCUT2D eigenvalue weighted by molar-refractivity contribution is 0.0943. The van der Waals surface area contributed by atoms with Gasteiger partial charge in [0.05, 0.1) is 16.7 Å². The van der Waals surface area contributed by atoms with Gasteiger partial charge >= 0.3 is 0 Å². The van der Waals surface area contributed by atoms with Crippen LogP contribution in [0.1, 0.15) is 34.5 Å². The van der Waals surface area contributed by atoms with Crippen LogP contribution in [-0.2, 0) is 9.84 Å². The summed E-state index contributed by atoms with van der Waals surface area (Å²) in [4.78, 5) is 13.1. The van der Waals surface area contributed by atoms with Gasteiger partial charge < -0.3 is 5.32 Å². The number of rotatable bonds is 6. The lowest BCUT2D eigenvalue weighted by Gasteiger charge is -2.20. The minimum Gasteiger partial charge on any atom is -0.341 e. The van der Waals surface area contributed by atoms with E-state index in [1.165, 1.54) is 12.1 Å². The van der Waals surface area contributed by atoms with E-state index >= 15 is 0 Å².